The highest BCUT2D eigenvalue weighted by Crippen LogP contribution is 2.38. The zero-order valence-electron chi connectivity index (χ0n) is 18.5. The van der Waals surface area contributed by atoms with E-state index in [1.807, 2.05) is 0 Å². The van der Waals surface area contributed by atoms with Gasteiger partial charge >= 0.3 is 12.1 Å². The summed E-state index contributed by atoms with van der Waals surface area (Å²) in [6.45, 7) is 1.64. The van der Waals surface area contributed by atoms with E-state index in [1.165, 1.54) is 37.4 Å². The summed E-state index contributed by atoms with van der Waals surface area (Å²) in [5, 5.41) is 12.3. The Morgan fingerprint density at radius 1 is 1.00 bits per heavy atom. The second kappa shape index (κ2) is 10.4. The molecule has 0 aliphatic heterocycles. The van der Waals surface area contributed by atoms with Gasteiger partial charge in [0.2, 0.25) is 6.04 Å². The number of alkyl halides is 3. The van der Waals surface area contributed by atoms with Crippen molar-refractivity contribution < 1.29 is 27.6 Å². The maximum Gasteiger partial charge on any atom is 0.471 e. The fraction of sp³-hybridized carbons (Fsp3) is 0.240. The van der Waals surface area contributed by atoms with E-state index in [0.29, 0.717) is 21.8 Å². The number of carbonyl (C=O) groups is 1. The minimum atomic E-state index is -5.26. The standard InChI is InChI=1S/C25H23F3N2O4/c1-17-8-6-7-11-21(17)23(22(30(32)33)16-18-9-4-3-5-10-18)29(24(31)25(26,27)28)19-12-14-20(34-2)15-13-19/h3-15,22-23H,16H2,1-2H3/t22-,23+/m1/s1. The quantitative estimate of drug-likeness (QED) is 0.319. The second-order valence-electron chi connectivity index (χ2n) is 7.71. The van der Waals surface area contributed by atoms with E-state index in [2.05, 4.69) is 0 Å². The maximum atomic E-state index is 13.8. The molecule has 3 aromatic carbocycles. The number of rotatable bonds is 8. The highest BCUT2D eigenvalue weighted by atomic mass is 19.4. The molecule has 0 spiro atoms. The van der Waals surface area contributed by atoms with E-state index < -0.39 is 29.1 Å². The Morgan fingerprint density at radius 3 is 2.12 bits per heavy atom. The minimum Gasteiger partial charge on any atom is -0.497 e. The molecule has 1 amide bonds. The first-order valence-corrected chi connectivity index (χ1v) is 10.4. The molecule has 0 unspecified atom stereocenters. The number of hydrogen-bond acceptors (Lipinski definition) is 4. The SMILES string of the molecule is COc1ccc(N(C(=O)C(F)(F)F)[C@@H](c2ccccc2C)[C@@H](Cc2ccccc2)[N+](=O)[O-])cc1. The van der Waals surface area contributed by atoms with Crippen LogP contribution in [0.2, 0.25) is 0 Å². The molecule has 3 aromatic rings. The van der Waals surface area contributed by atoms with Crippen LogP contribution in [0.4, 0.5) is 18.9 Å². The van der Waals surface area contributed by atoms with Crippen LogP contribution < -0.4 is 9.64 Å². The molecule has 0 saturated carbocycles. The highest BCUT2D eigenvalue weighted by molar-refractivity contribution is 5.98. The van der Waals surface area contributed by atoms with Crippen LogP contribution in [0.15, 0.2) is 78.9 Å². The summed E-state index contributed by atoms with van der Waals surface area (Å²) in [4.78, 5) is 24.9. The van der Waals surface area contributed by atoms with Gasteiger partial charge in [-0.1, -0.05) is 54.6 Å². The van der Waals surface area contributed by atoms with Gasteiger partial charge in [-0.2, -0.15) is 13.2 Å². The Hall–Kier alpha value is -3.88. The Morgan fingerprint density at radius 2 is 1.59 bits per heavy atom. The summed E-state index contributed by atoms with van der Waals surface area (Å²) in [6.07, 6.45) is -5.43. The molecule has 2 atom stereocenters. The molecule has 0 saturated heterocycles. The van der Waals surface area contributed by atoms with E-state index in [4.69, 9.17) is 4.74 Å². The first-order chi connectivity index (χ1) is 16.1. The van der Waals surface area contributed by atoms with E-state index in [1.54, 1.807) is 55.5 Å². The molecule has 0 aromatic heterocycles. The molecule has 0 N–H and O–H groups in total. The highest BCUT2D eigenvalue weighted by Gasteiger charge is 2.50. The number of ether oxygens (including phenoxy) is 1. The largest absolute Gasteiger partial charge is 0.497 e. The molecule has 0 radical (unpaired) electrons. The summed E-state index contributed by atoms with van der Waals surface area (Å²) in [5.74, 6) is -1.82. The van der Waals surface area contributed by atoms with Crippen LogP contribution >= 0.6 is 0 Å². The van der Waals surface area contributed by atoms with Crippen LogP contribution in [0, 0.1) is 17.0 Å². The smallest absolute Gasteiger partial charge is 0.471 e. The van der Waals surface area contributed by atoms with E-state index in [0.717, 1.165) is 0 Å². The van der Waals surface area contributed by atoms with Crippen LogP contribution in [-0.2, 0) is 11.2 Å². The van der Waals surface area contributed by atoms with Crippen molar-refractivity contribution in [1.82, 2.24) is 0 Å². The van der Waals surface area contributed by atoms with Crippen LogP contribution in [0.5, 0.6) is 5.75 Å². The normalized spacial score (nSPS) is 13.1. The number of amides is 1. The van der Waals surface area contributed by atoms with Crippen molar-refractivity contribution in [2.75, 3.05) is 12.0 Å². The van der Waals surface area contributed by atoms with E-state index in [9.17, 15) is 28.1 Å². The molecule has 9 heteroatoms. The number of nitrogens with zero attached hydrogens (tertiary/aromatic N) is 2. The molecule has 3 rings (SSSR count). The van der Waals surface area contributed by atoms with E-state index in [-0.39, 0.29) is 17.7 Å². The molecule has 0 heterocycles. The third-order valence-electron chi connectivity index (χ3n) is 5.52. The number of halogens is 3. The van der Waals surface area contributed by atoms with Gasteiger partial charge in [-0.25, -0.2) is 0 Å². The summed E-state index contributed by atoms with van der Waals surface area (Å²) < 4.78 is 46.5. The summed E-state index contributed by atoms with van der Waals surface area (Å²) in [6, 6.07) is 17.2. The first kappa shape index (κ1) is 24.8. The van der Waals surface area contributed by atoms with Crippen molar-refractivity contribution in [2.45, 2.75) is 31.6 Å². The number of carbonyl (C=O) groups excluding carboxylic acids is 1. The molecule has 34 heavy (non-hydrogen) atoms. The van der Waals surface area contributed by atoms with Gasteiger partial charge in [-0.15, -0.1) is 0 Å². The molecule has 178 valence electrons. The van der Waals surface area contributed by atoms with E-state index >= 15 is 0 Å². The van der Waals surface area contributed by atoms with Gasteiger partial charge < -0.3 is 4.74 Å². The number of hydrogen-bond donors (Lipinski definition) is 0. The fourth-order valence-corrected chi connectivity index (χ4v) is 3.88. The van der Waals surface area contributed by atoms with Gasteiger partial charge in [0.15, 0.2) is 0 Å². The van der Waals surface area contributed by atoms with Gasteiger partial charge in [0.1, 0.15) is 11.8 Å². The van der Waals surface area contributed by atoms with Crippen molar-refractivity contribution in [3.63, 3.8) is 0 Å². The fourth-order valence-electron chi connectivity index (χ4n) is 3.88. The zero-order valence-corrected chi connectivity index (χ0v) is 18.5. The number of methoxy groups -OCH3 is 1. The predicted molar refractivity (Wildman–Crippen MR) is 121 cm³/mol. The van der Waals surface area contributed by atoms with Crippen molar-refractivity contribution in [1.29, 1.82) is 0 Å². The molecule has 0 aliphatic rings. The number of benzene rings is 3. The third kappa shape index (κ3) is 5.54. The molecular weight excluding hydrogens is 449 g/mol. The number of nitro groups is 1. The minimum absolute atomic E-state index is 0.128. The Kier molecular flexibility index (Phi) is 7.55. The Labute approximate surface area is 194 Å². The van der Waals surface area contributed by atoms with Crippen LogP contribution in [-0.4, -0.2) is 30.2 Å². The topological polar surface area (TPSA) is 72.7 Å². The lowest BCUT2D eigenvalue weighted by molar-refractivity contribution is -0.526. The average Bonchev–Trinajstić information content (AvgIpc) is 2.81. The van der Waals surface area contributed by atoms with Gasteiger partial charge in [0.25, 0.3) is 0 Å². The first-order valence-electron chi connectivity index (χ1n) is 10.4. The average molecular weight is 472 g/mol. The Bertz CT molecular complexity index is 1130. The third-order valence-corrected chi connectivity index (χ3v) is 5.52. The lowest BCUT2D eigenvalue weighted by atomic mass is 9.89. The van der Waals surface area contributed by atoms with Crippen molar-refractivity contribution in [3.05, 3.63) is 106 Å². The number of anilines is 1. The molecular formula is C25H23F3N2O4. The molecule has 0 bridgehead atoms. The maximum absolute atomic E-state index is 13.8. The summed E-state index contributed by atoms with van der Waals surface area (Å²) in [7, 11) is 1.40. The van der Waals surface area contributed by atoms with Crippen LogP contribution in [0.1, 0.15) is 22.7 Å². The molecule has 0 fully saturated rings. The van der Waals surface area contributed by atoms with Crippen molar-refractivity contribution >= 4 is 11.6 Å². The molecule has 6 nitrogen and oxygen atoms in total. The van der Waals surface area contributed by atoms with Gasteiger partial charge in [0, 0.05) is 17.0 Å². The van der Waals surface area contributed by atoms with Crippen LogP contribution in [0.25, 0.3) is 0 Å². The van der Waals surface area contributed by atoms with Crippen LogP contribution in [0.3, 0.4) is 0 Å². The van der Waals surface area contributed by atoms with Crippen molar-refractivity contribution in [3.8, 4) is 5.75 Å². The summed E-state index contributed by atoms with van der Waals surface area (Å²) >= 11 is 0. The lowest BCUT2D eigenvalue weighted by Crippen LogP contribution is -2.49. The van der Waals surface area contributed by atoms with Crippen molar-refractivity contribution in [2.24, 2.45) is 0 Å². The monoisotopic (exact) mass is 472 g/mol. The van der Waals surface area contributed by atoms with Gasteiger partial charge in [-0.3, -0.25) is 19.8 Å². The summed E-state index contributed by atoms with van der Waals surface area (Å²) in [5.41, 5.74) is 1.22. The van der Waals surface area contributed by atoms with Gasteiger partial charge in [-0.05, 0) is 47.9 Å². The zero-order chi connectivity index (χ0) is 24.9. The molecule has 0 aliphatic carbocycles. The number of aryl methyl sites for hydroxylation is 1. The second-order valence-corrected chi connectivity index (χ2v) is 7.71. The lowest BCUT2D eigenvalue weighted by Gasteiger charge is -2.35. The van der Waals surface area contributed by atoms with Gasteiger partial charge in [0.05, 0.1) is 7.11 Å². The predicted octanol–water partition coefficient (Wildman–Crippen LogP) is 5.53. The Balaban J connectivity index is 2.25.